The number of hydrogen-bond donors (Lipinski definition) is 2. The number of halogens is 1. The third-order valence-corrected chi connectivity index (χ3v) is 2.46. The number of nitrogens with two attached hydrogens (primary N) is 1. The molecule has 3 nitrogen and oxygen atoms in total. The van der Waals surface area contributed by atoms with Gasteiger partial charge in [0.25, 0.3) is 0 Å². The Morgan fingerprint density at radius 2 is 2.21 bits per heavy atom. The lowest BCUT2D eigenvalue weighted by Gasteiger charge is -2.16. The van der Waals surface area contributed by atoms with Gasteiger partial charge in [0, 0.05) is 6.04 Å². The summed E-state index contributed by atoms with van der Waals surface area (Å²) < 4.78 is 5.11. The van der Waals surface area contributed by atoms with Crippen molar-refractivity contribution in [3.05, 3.63) is 22.7 Å². The molecule has 4 heteroatoms. The summed E-state index contributed by atoms with van der Waals surface area (Å²) in [7, 11) is 1.54. The number of phenolic OH excluding ortho intramolecular Hbond substituents is 1. The van der Waals surface area contributed by atoms with E-state index in [0.29, 0.717) is 22.8 Å². The zero-order valence-electron chi connectivity index (χ0n) is 8.25. The van der Waals surface area contributed by atoms with Gasteiger partial charge in [0.1, 0.15) is 11.5 Å². The van der Waals surface area contributed by atoms with Crippen molar-refractivity contribution in [2.45, 2.75) is 19.4 Å². The Hall–Kier alpha value is -0.930. The van der Waals surface area contributed by atoms with Gasteiger partial charge in [0.2, 0.25) is 0 Å². The standard InChI is InChI=1S/C10H14ClNO2/c1-3-7(12)9-8(14-2)5-4-6(11)10(9)13/h4-5,7,13H,3,12H2,1-2H3/t7-/m1/s1. The van der Waals surface area contributed by atoms with Crippen molar-refractivity contribution in [2.75, 3.05) is 7.11 Å². The van der Waals surface area contributed by atoms with Gasteiger partial charge in [-0.15, -0.1) is 0 Å². The van der Waals surface area contributed by atoms with Gasteiger partial charge in [-0.2, -0.15) is 0 Å². The van der Waals surface area contributed by atoms with Crippen molar-refractivity contribution < 1.29 is 9.84 Å². The number of rotatable bonds is 3. The molecule has 1 aromatic rings. The van der Waals surface area contributed by atoms with Crippen LogP contribution in [0.4, 0.5) is 0 Å². The van der Waals surface area contributed by atoms with E-state index in [1.807, 2.05) is 6.92 Å². The van der Waals surface area contributed by atoms with Crippen LogP contribution < -0.4 is 10.5 Å². The quantitative estimate of drug-likeness (QED) is 0.815. The first-order valence-corrected chi connectivity index (χ1v) is 4.80. The van der Waals surface area contributed by atoms with Gasteiger partial charge in [-0.25, -0.2) is 0 Å². The minimum absolute atomic E-state index is 0.0142. The van der Waals surface area contributed by atoms with Gasteiger partial charge >= 0.3 is 0 Å². The van der Waals surface area contributed by atoms with E-state index in [2.05, 4.69) is 0 Å². The Balaban J connectivity index is 3.27. The second-order valence-electron chi connectivity index (χ2n) is 3.03. The molecule has 0 aliphatic rings. The molecule has 0 fully saturated rings. The molecule has 0 amide bonds. The van der Waals surface area contributed by atoms with E-state index in [1.165, 1.54) is 7.11 Å². The van der Waals surface area contributed by atoms with Gasteiger partial charge in [0.05, 0.1) is 17.7 Å². The van der Waals surface area contributed by atoms with Crippen LogP contribution in [0.5, 0.6) is 11.5 Å². The van der Waals surface area contributed by atoms with E-state index in [9.17, 15) is 5.11 Å². The first-order valence-electron chi connectivity index (χ1n) is 4.42. The van der Waals surface area contributed by atoms with E-state index in [1.54, 1.807) is 12.1 Å². The topological polar surface area (TPSA) is 55.5 Å². The molecule has 3 N–H and O–H groups in total. The number of methoxy groups -OCH3 is 1. The SMILES string of the molecule is CC[C@@H](N)c1c(OC)ccc(Cl)c1O. The van der Waals surface area contributed by atoms with Gasteiger partial charge < -0.3 is 15.6 Å². The van der Waals surface area contributed by atoms with Crippen LogP contribution in [-0.2, 0) is 0 Å². The van der Waals surface area contributed by atoms with E-state index in [-0.39, 0.29) is 11.8 Å². The normalized spacial score (nSPS) is 12.6. The third kappa shape index (κ3) is 1.94. The summed E-state index contributed by atoms with van der Waals surface area (Å²) in [5.74, 6) is 0.585. The first-order chi connectivity index (χ1) is 6.61. The smallest absolute Gasteiger partial charge is 0.142 e. The lowest BCUT2D eigenvalue weighted by molar-refractivity contribution is 0.392. The average molecular weight is 216 g/mol. The molecule has 0 aliphatic heterocycles. The molecule has 78 valence electrons. The summed E-state index contributed by atoms with van der Waals surface area (Å²) in [5.41, 5.74) is 6.41. The van der Waals surface area contributed by atoms with Crippen molar-refractivity contribution in [3.63, 3.8) is 0 Å². The lowest BCUT2D eigenvalue weighted by Crippen LogP contribution is -2.10. The maximum Gasteiger partial charge on any atom is 0.142 e. The summed E-state index contributed by atoms with van der Waals surface area (Å²) in [6.45, 7) is 1.93. The number of aromatic hydroxyl groups is 1. The molecule has 0 unspecified atom stereocenters. The zero-order valence-corrected chi connectivity index (χ0v) is 9.01. The zero-order chi connectivity index (χ0) is 10.7. The monoisotopic (exact) mass is 215 g/mol. The second-order valence-corrected chi connectivity index (χ2v) is 3.43. The van der Waals surface area contributed by atoms with Crippen LogP contribution in [0.2, 0.25) is 5.02 Å². The highest BCUT2D eigenvalue weighted by Gasteiger charge is 2.17. The van der Waals surface area contributed by atoms with E-state index >= 15 is 0 Å². The Bertz CT molecular complexity index is 328. The van der Waals surface area contributed by atoms with Crippen molar-refractivity contribution >= 4 is 11.6 Å². The highest BCUT2D eigenvalue weighted by molar-refractivity contribution is 6.32. The third-order valence-electron chi connectivity index (χ3n) is 2.16. The van der Waals surface area contributed by atoms with Crippen LogP contribution in [0.1, 0.15) is 24.9 Å². The number of phenols is 1. The number of ether oxygens (including phenoxy) is 1. The molecule has 1 aromatic carbocycles. The number of benzene rings is 1. The molecule has 0 heterocycles. The molecule has 0 aliphatic carbocycles. The predicted octanol–water partition coefficient (Wildman–Crippen LogP) is 2.46. The van der Waals surface area contributed by atoms with Crippen LogP contribution in [0.25, 0.3) is 0 Å². The fraction of sp³-hybridized carbons (Fsp3) is 0.400. The Morgan fingerprint density at radius 3 is 2.71 bits per heavy atom. The summed E-state index contributed by atoms with van der Waals surface area (Å²) in [4.78, 5) is 0. The van der Waals surface area contributed by atoms with Crippen molar-refractivity contribution in [1.29, 1.82) is 0 Å². The van der Waals surface area contributed by atoms with Gasteiger partial charge in [-0.05, 0) is 18.6 Å². The molecule has 1 atom stereocenters. The highest BCUT2D eigenvalue weighted by atomic mass is 35.5. The minimum Gasteiger partial charge on any atom is -0.506 e. The highest BCUT2D eigenvalue weighted by Crippen LogP contribution is 2.38. The Labute approximate surface area is 88.4 Å². The number of hydrogen-bond acceptors (Lipinski definition) is 3. The molecular formula is C10H14ClNO2. The molecule has 0 bridgehead atoms. The summed E-state index contributed by atoms with van der Waals surface area (Å²) >= 11 is 5.78. The molecule has 0 radical (unpaired) electrons. The van der Waals surface area contributed by atoms with E-state index < -0.39 is 0 Å². The molecule has 0 aromatic heterocycles. The lowest BCUT2D eigenvalue weighted by atomic mass is 10.0. The summed E-state index contributed by atoms with van der Waals surface area (Å²) in [6, 6.07) is 3.03. The largest absolute Gasteiger partial charge is 0.506 e. The minimum atomic E-state index is -0.261. The fourth-order valence-electron chi connectivity index (χ4n) is 1.30. The Kier molecular flexibility index (Phi) is 3.61. The van der Waals surface area contributed by atoms with Crippen molar-refractivity contribution in [1.82, 2.24) is 0 Å². The van der Waals surface area contributed by atoms with Crippen molar-refractivity contribution in [3.8, 4) is 11.5 Å². The maximum atomic E-state index is 9.72. The van der Waals surface area contributed by atoms with Gasteiger partial charge in [-0.1, -0.05) is 18.5 Å². The first kappa shape index (κ1) is 11.1. The van der Waals surface area contributed by atoms with E-state index in [0.717, 1.165) is 0 Å². The average Bonchev–Trinajstić information content (AvgIpc) is 2.20. The van der Waals surface area contributed by atoms with Crippen LogP contribution in [-0.4, -0.2) is 12.2 Å². The molecule has 0 saturated heterocycles. The molecule has 0 spiro atoms. The van der Waals surface area contributed by atoms with Crippen LogP contribution in [0, 0.1) is 0 Å². The fourth-order valence-corrected chi connectivity index (χ4v) is 1.47. The van der Waals surface area contributed by atoms with E-state index in [4.69, 9.17) is 22.1 Å². The van der Waals surface area contributed by atoms with Gasteiger partial charge in [0.15, 0.2) is 0 Å². The second kappa shape index (κ2) is 4.53. The molecule has 14 heavy (non-hydrogen) atoms. The van der Waals surface area contributed by atoms with Gasteiger partial charge in [-0.3, -0.25) is 0 Å². The molecule has 1 rings (SSSR count). The predicted molar refractivity (Wildman–Crippen MR) is 56.9 cm³/mol. The summed E-state index contributed by atoms with van der Waals surface area (Å²) in [6.07, 6.45) is 0.713. The molecule has 0 saturated carbocycles. The summed E-state index contributed by atoms with van der Waals surface area (Å²) in [5, 5.41) is 10.0. The van der Waals surface area contributed by atoms with Crippen molar-refractivity contribution in [2.24, 2.45) is 5.73 Å². The van der Waals surface area contributed by atoms with Crippen LogP contribution >= 0.6 is 11.6 Å². The Morgan fingerprint density at radius 1 is 1.57 bits per heavy atom. The van der Waals surface area contributed by atoms with Crippen LogP contribution in [0.3, 0.4) is 0 Å². The molecular weight excluding hydrogens is 202 g/mol. The maximum absolute atomic E-state index is 9.72. The van der Waals surface area contributed by atoms with Crippen LogP contribution in [0.15, 0.2) is 12.1 Å².